The molecule has 0 unspecified atom stereocenters. The Morgan fingerprint density at radius 1 is 1.18 bits per heavy atom. The van der Waals surface area contributed by atoms with Gasteiger partial charge >= 0.3 is 5.97 Å². The smallest absolute Gasteiger partial charge is 0.303 e. The number of fused-ring (bicyclic) bond motifs is 2. The number of aromatic nitrogens is 1. The van der Waals surface area contributed by atoms with Crippen LogP contribution in [-0.4, -0.2) is 27.8 Å². The van der Waals surface area contributed by atoms with Crippen molar-refractivity contribution in [1.29, 1.82) is 0 Å². The minimum absolute atomic E-state index is 0.0386. The number of unbranched alkanes of at least 4 members (excludes halogenated alkanes) is 4. The van der Waals surface area contributed by atoms with Gasteiger partial charge in [-0.05, 0) is 49.5 Å². The Balaban J connectivity index is 1.62. The lowest BCUT2D eigenvalue weighted by Crippen LogP contribution is -2.11. The molecule has 3 N–H and O–H groups in total. The standard InChI is InChI=1S/C28H30N2O4/c1-2-3-4-5-6-7-9-18-12-13-19-21(28(34)30-23(19)16-18)17-24-20(14-15-26(32)33)27-22(29-24)10-8-11-25(27)31/h12-13,16-17,29H,2-6,8,10-11,14-15H2,1H3,(H,30,34)(H,32,33). The number of hydrogen-bond acceptors (Lipinski definition) is 3. The average Bonchev–Trinajstić information content (AvgIpc) is 3.32. The first-order chi connectivity index (χ1) is 16.5. The van der Waals surface area contributed by atoms with Crippen LogP contribution in [0.1, 0.15) is 96.7 Å². The zero-order valence-electron chi connectivity index (χ0n) is 19.6. The quantitative estimate of drug-likeness (QED) is 0.281. The van der Waals surface area contributed by atoms with Crippen molar-refractivity contribution in [1.82, 2.24) is 4.98 Å². The Hall–Kier alpha value is -3.59. The molecule has 1 aromatic carbocycles. The van der Waals surface area contributed by atoms with Gasteiger partial charge in [0.15, 0.2) is 5.78 Å². The molecule has 34 heavy (non-hydrogen) atoms. The molecule has 1 amide bonds. The maximum absolute atomic E-state index is 12.8. The fourth-order valence-corrected chi connectivity index (χ4v) is 4.67. The zero-order valence-corrected chi connectivity index (χ0v) is 19.6. The molecule has 176 valence electrons. The molecule has 2 heterocycles. The number of hydrogen-bond donors (Lipinski definition) is 3. The van der Waals surface area contributed by atoms with Gasteiger partial charge in [-0.15, -0.1) is 0 Å². The molecule has 2 aromatic rings. The monoisotopic (exact) mass is 458 g/mol. The molecule has 6 nitrogen and oxygen atoms in total. The highest BCUT2D eigenvalue weighted by atomic mass is 16.4. The Morgan fingerprint density at radius 3 is 2.82 bits per heavy atom. The number of carbonyl (C=O) groups is 3. The molecular weight excluding hydrogens is 428 g/mol. The van der Waals surface area contributed by atoms with E-state index in [2.05, 4.69) is 29.1 Å². The molecular formula is C28H30N2O4. The minimum Gasteiger partial charge on any atom is -0.481 e. The van der Waals surface area contributed by atoms with Gasteiger partial charge in [0.2, 0.25) is 0 Å². The number of carboxylic acid groups (broad SMARTS) is 1. The summed E-state index contributed by atoms with van der Waals surface area (Å²) in [6, 6.07) is 5.70. The second kappa shape index (κ2) is 10.6. The largest absolute Gasteiger partial charge is 0.481 e. The second-order valence-electron chi connectivity index (χ2n) is 8.93. The van der Waals surface area contributed by atoms with Crippen molar-refractivity contribution in [3.05, 3.63) is 51.8 Å². The highest BCUT2D eigenvalue weighted by Gasteiger charge is 2.28. The summed E-state index contributed by atoms with van der Waals surface area (Å²) in [5, 5.41) is 12.1. The van der Waals surface area contributed by atoms with Crippen LogP contribution in [0.25, 0.3) is 11.6 Å². The van der Waals surface area contributed by atoms with Crippen molar-refractivity contribution < 1.29 is 19.5 Å². The lowest BCUT2D eigenvalue weighted by atomic mass is 9.91. The lowest BCUT2D eigenvalue weighted by Gasteiger charge is -2.11. The SMILES string of the molecule is CCCCCCC#Cc1ccc2c(c1)NC(=O)C2=Cc1[nH]c2c(c1CCC(=O)O)C(=O)CCC2. The summed E-state index contributed by atoms with van der Waals surface area (Å²) in [6.07, 6.45) is 9.50. The summed E-state index contributed by atoms with van der Waals surface area (Å²) in [7, 11) is 0. The number of ketones is 1. The molecule has 0 radical (unpaired) electrons. The van der Waals surface area contributed by atoms with Gasteiger partial charge in [-0.2, -0.15) is 0 Å². The van der Waals surface area contributed by atoms with Crippen LogP contribution in [0, 0.1) is 11.8 Å². The van der Waals surface area contributed by atoms with E-state index >= 15 is 0 Å². The van der Waals surface area contributed by atoms with E-state index in [4.69, 9.17) is 0 Å². The third kappa shape index (κ3) is 5.14. The number of nitrogens with one attached hydrogen (secondary N) is 2. The molecule has 0 atom stereocenters. The van der Waals surface area contributed by atoms with Crippen LogP contribution in [0.3, 0.4) is 0 Å². The minimum atomic E-state index is -0.917. The average molecular weight is 459 g/mol. The van der Waals surface area contributed by atoms with Crippen molar-refractivity contribution in [2.45, 2.75) is 71.1 Å². The molecule has 0 saturated heterocycles. The number of H-pyrrole nitrogens is 1. The lowest BCUT2D eigenvalue weighted by molar-refractivity contribution is -0.137. The van der Waals surface area contributed by atoms with Crippen LogP contribution in [0.2, 0.25) is 0 Å². The van der Waals surface area contributed by atoms with Gasteiger partial charge in [0, 0.05) is 47.3 Å². The Morgan fingerprint density at radius 2 is 2.03 bits per heavy atom. The van der Waals surface area contributed by atoms with Crippen LogP contribution in [-0.2, 0) is 22.4 Å². The van der Waals surface area contributed by atoms with Gasteiger partial charge in [0.05, 0.1) is 11.3 Å². The van der Waals surface area contributed by atoms with E-state index in [1.807, 2.05) is 18.2 Å². The predicted molar refractivity (Wildman–Crippen MR) is 133 cm³/mol. The van der Waals surface area contributed by atoms with Crippen molar-refractivity contribution >= 4 is 35.0 Å². The van der Waals surface area contributed by atoms with Crippen molar-refractivity contribution in [3.8, 4) is 11.8 Å². The van der Waals surface area contributed by atoms with Gasteiger partial charge in [0.25, 0.3) is 5.91 Å². The third-order valence-corrected chi connectivity index (χ3v) is 6.39. The first kappa shape index (κ1) is 23.6. The fourth-order valence-electron chi connectivity index (χ4n) is 4.67. The molecule has 1 aliphatic carbocycles. The maximum atomic E-state index is 12.8. The van der Waals surface area contributed by atoms with E-state index in [1.165, 1.54) is 19.3 Å². The van der Waals surface area contributed by atoms with Gasteiger partial charge < -0.3 is 15.4 Å². The summed E-state index contributed by atoms with van der Waals surface area (Å²) < 4.78 is 0. The van der Waals surface area contributed by atoms with E-state index in [0.717, 1.165) is 42.5 Å². The number of aromatic amines is 1. The van der Waals surface area contributed by atoms with E-state index < -0.39 is 5.97 Å². The van der Waals surface area contributed by atoms with Crippen LogP contribution < -0.4 is 5.32 Å². The van der Waals surface area contributed by atoms with Crippen molar-refractivity contribution in [2.75, 3.05) is 5.32 Å². The van der Waals surface area contributed by atoms with Crippen molar-refractivity contribution in [3.63, 3.8) is 0 Å². The van der Waals surface area contributed by atoms with Gasteiger partial charge in [0.1, 0.15) is 0 Å². The maximum Gasteiger partial charge on any atom is 0.303 e. The summed E-state index contributed by atoms with van der Waals surface area (Å²) in [5.41, 5.74) is 5.65. The number of benzene rings is 1. The number of amides is 1. The highest BCUT2D eigenvalue weighted by molar-refractivity contribution is 6.35. The number of rotatable bonds is 8. The van der Waals surface area contributed by atoms with E-state index in [0.29, 0.717) is 34.5 Å². The van der Waals surface area contributed by atoms with Crippen LogP contribution in [0.15, 0.2) is 18.2 Å². The van der Waals surface area contributed by atoms with Gasteiger partial charge in [-0.1, -0.05) is 44.1 Å². The molecule has 0 fully saturated rings. The third-order valence-electron chi connectivity index (χ3n) is 6.39. The normalized spacial score (nSPS) is 15.5. The van der Waals surface area contributed by atoms with Crippen LogP contribution in [0.5, 0.6) is 0 Å². The van der Waals surface area contributed by atoms with Gasteiger partial charge in [-0.25, -0.2) is 0 Å². The Labute approximate surface area is 199 Å². The molecule has 0 saturated carbocycles. The summed E-state index contributed by atoms with van der Waals surface area (Å²) in [5.74, 6) is 5.30. The first-order valence-electron chi connectivity index (χ1n) is 12.1. The molecule has 0 spiro atoms. The number of aliphatic carboxylic acids is 1. The summed E-state index contributed by atoms with van der Waals surface area (Å²) in [6.45, 7) is 2.19. The number of Topliss-reactive ketones (excluding diaryl/α,β-unsaturated/α-hetero) is 1. The van der Waals surface area contributed by atoms with Crippen LogP contribution >= 0.6 is 0 Å². The topological polar surface area (TPSA) is 99.3 Å². The molecule has 4 rings (SSSR count). The molecule has 1 aromatic heterocycles. The predicted octanol–water partition coefficient (Wildman–Crippen LogP) is 5.37. The fraction of sp³-hybridized carbons (Fsp3) is 0.393. The summed E-state index contributed by atoms with van der Waals surface area (Å²) >= 11 is 0. The van der Waals surface area contributed by atoms with E-state index in [9.17, 15) is 19.5 Å². The Bertz CT molecular complexity index is 1220. The molecule has 0 bridgehead atoms. The molecule has 2 aliphatic rings. The number of anilines is 1. The van der Waals surface area contributed by atoms with E-state index in [-0.39, 0.29) is 24.5 Å². The number of aryl methyl sites for hydroxylation is 1. The van der Waals surface area contributed by atoms with Crippen LogP contribution in [0.4, 0.5) is 5.69 Å². The van der Waals surface area contributed by atoms with Gasteiger partial charge in [-0.3, -0.25) is 14.4 Å². The highest BCUT2D eigenvalue weighted by Crippen LogP contribution is 2.36. The zero-order chi connectivity index (χ0) is 24.1. The van der Waals surface area contributed by atoms with E-state index in [1.54, 1.807) is 6.08 Å². The molecule has 1 aliphatic heterocycles. The molecule has 6 heteroatoms. The Kier molecular flexibility index (Phi) is 7.32. The van der Waals surface area contributed by atoms with Crippen molar-refractivity contribution in [2.24, 2.45) is 0 Å². The first-order valence-corrected chi connectivity index (χ1v) is 12.1. The summed E-state index contributed by atoms with van der Waals surface area (Å²) in [4.78, 5) is 39.9. The second-order valence-corrected chi connectivity index (χ2v) is 8.93. The number of carbonyl (C=O) groups excluding carboxylic acids is 2. The number of carboxylic acids is 1.